The monoisotopic (exact) mass is 719 g/mol. The second-order valence-corrected chi connectivity index (χ2v) is 13.3. The Balaban J connectivity index is 0.000000191. The minimum Gasteiger partial charge on any atom is -0.477 e. The number of nitrogens with zero attached hydrogens (tertiary/aromatic N) is 6. The first-order chi connectivity index (χ1) is 23.3. The number of nitrogen functional groups attached to an aromatic ring is 1. The molecule has 4 aliphatic heterocycles. The number of aromatic nitrogens is 2. The Morgan fingerprint density at radius 1 is 1.18 bits per heavy atom. The predicted molar refractivity (Wildman–Crippen MR) is 171 cm³/mol. The van der Waals surface area contributed by atoms with E-state index in [4.69, 9.17) is 24.5 Å². The number of aliphatic carboxylic acids is 1. The molecule has 1 unspecified atom stereocenters. The highest BCUT2D eigenvalue weighted by Gasteiger charge is 2.53. The Bertz CT molecular complexity index is 1830. The third-order valence-corrected chi connectivity index (χ3v) is 10.4. The second kappa shape index (κ2) is 14.6. The number of oxime groups is 1. The Kier molecular flexibility index (Phi) is 10.6. The fourth-order valence-corrected chi connectivity index (χ4v) is 7.70. The van der Waals surface area contributed by atoms with Crippen molar-refractivity contribution in [1.29, 1.82) is 0 Å². The zero-order valence-electron chi connectivity index (χ0n) is 26.6. The summed E-state index contributed by atoms with van der Waals surface area (Å²) in [5.41, 5.74) is 6.49. The van der Waals surface area contributed by atoms with Crippen molar-refractivity contribution >= 4 is 63.8 Å². The molecule has 0 bridgehead atoms. The van der Waals surface area contributed by atoms with Gasteiger partial charge in [-0.2, -0.15) is 9.36 Å². The van der Waals surface area contributed by atoms with Crippen LogP contribution in [0.25, 0.3) is 0 Å². The largest absolute Gasteiger partial charge is 0.519 e. The molecule has 262 valence electrons. The lowest BCUT2D eigenvalue weighted by atomic mass is 9.89. The molecule has 6 rings (SSSR count). The molecule has 3 fully saturated rings. The van der Waals surface area contributed by atoms with Gasteiger partial charge in [0.15, 0.2) is 34.8 Å². The van der Waals surface area contributed by atoms with Crippen molar-refractivity contribution < 1.29 is 47.9 Å². The summed E-state index contributed by atoms with van der Waals surface area (Å²) < 4.78 is 18.5. The van der Waals surface area contributed by atoms with Crippen LogP contribution in [0.3, 0.4) is 0 Å². The molecule has 6 heterocycles. The number of thioether (sulfide) groups is 1. The third kappa shape index (κ3) is 7.24. The van der Waals surface area contributed by atoms with Crippen molar-refractivity contribution in [3.63, 3.8) is 0 Å². The van der Waals surface area contributed by atoms with E-state index < -0.39 is 40.9 Å². The lowest BCUT2D eigenvalue weighted by Crippen LogP contribution is -2.61. The van der Waals surface area contributed by atoms with Gasteiger partial charge in [-0.1, -0.05) is 11.2 Å². The van der Waals surface area contributed by atoms with Crippen LogP contribution in [0.4, 0.5) is 9.93 Å². The van der Waals surface area contributed by atoms with Gasteiger partial charge in [-0.15, -0.1) is 11.8 Å². The molecular weight excluding hydrogens is 686 g/mol. The van der Waals surface area contributed by atoms with Gasteiger partial charge in [0, 0.05) is 48.9 Å². The van der Waals surface area contributed by atoms with Gasteiger partial charge in [-0.05, 0) is 39.2 Å². The number of anilines is 1. The molecule has 0 radical (unpaired) electrons. The average molecular weight is 720 g/mol. The van der Waals surface area contributed by atoms with Gasteiger partial charge in [-0.3, -0.25) is 19.3 Å². The van der Waals surface area contributed by atoms with E-state index in [1.54, 1.807) is 18.7 Å². The molecule has 49 heavy (non-hydrogen) atoms. The number of carboxylic acid groups (broad SMARTS) is 1. The first kappa shape index (κ1) is 35.3. The lowest BCUT2D eigenvalue weighted by molar-refractivity contribution is -0.153. The number of carbonyl (C=O) groups is 5. The maximum Gasteiger partial charge on any atom is 0.519 e. The first-order valence-corrected chi connectivity index (χ1v) is 16.9. The second-order valence-electron chi connectivity index (χ2n) is 11.4. The van der Waals surface area contributed by atoms with Crippen molar-refractivity contribution in [2.45, 2.75) is 58.1 Å². The van der Waals surface area contributed by atoms with Crippen molar-refractivity contribution in [3.05, 3.63) is 50.9 Å². The summed E-state index contributed by atoms with van der Waals surface area (Å²) in [7, 11) is 0. The predicted octanol–water partition coefficient (Wildman–Crippen LogP) is 1.58. The van der Waals surface area contributed by atoms with Crippen LogP contribution in [-0.2, 0) is 30.5 Å². The average Bonchev–Trinajstić information content (AvgIpc) is 3.86. The SMILES string of the molecule is C/C=C1\CCN([C@@H]2CCN(C(=O)OCc3oc(=O)oc3C)C2)C1=O.CC1=C(C(=O)O)N2C(=O)[C@@H](CC(=O)/C(=N\O)c3nsc(N)n3)C2SC1. The topological polar surface area (TPSA) is 252 Å². The number of rotatable bonds is 8. The normalized spacial score (nSPS) is 23.0. The molecule has 3 amide bonds. The third-order valence-electron chi connectivity index (χ3n) is 8.43. The highest BCUT2D eigenvalue weighted by molar-refractivity contribution is 8.00. The van der Waals surface area contributed by atoms with Crippen LogP contribution in [0.2, 0.25) is 0 Å². The Hall–Kier alpha value is -4.98. The first-order valence-electron chi connectivity index (χ1n) is 15.0. The number of ketones is 1. The highest BCUT2D eigenvalue weighted by Crippen LogP contribution is 2.45. The van der Waals surface area contributed by atoms with Gasteiger partial charge in [0.1, 0.15) is 5.70 Å². The van der Waals surface area contributed by atoms with Crippen molar-refractivity contribution in [2.24, 2.45) is 11.1 Å². The van der Waals surface area contributed by atoms with E-state index in [9.17, 15) is 33.9 Å². The molecule has 4 aliphatic rings. The highest BCUT2D eigenvalue weighted by atomic mass is 32.2. The van der Waals surface area contributed by atoms with Crippen molar-refractivity contribution in [3.8, 4) is 0 Å². The summed E-state index contributed by atoms with van der Waals surface area (Å²) in [6.45, 7) is 6.63. The molecule has 0 aliphatic carbocycles. The number of aryl methyl sites for hydroxylation is 1. The van der Waals surface area contributed by atoms with Crippen LogP contribution in [0.5, 0.6) is 0 Å². The molecule has 4 N–H and O–H groups in total. The maximum atomic E-state index is 12.4. The van der Waals surface area contributed by atoms with E-state index in [0.29, 0.717) is 36.7 Å². The molecule has 0 aromatic carbocycles. The minimum absolute atomic E-state index is 0.0242. The smallest absolute Gasteiger partial charge is 0.477 e. The van der Waals surface area contributed by atoms with Crippen molar-refractivity contribution in [1.82, 2.24) is 24.1 Å². The molecule has 3 atom stereocenters. The number of amides is 3. The zero-order chi connectivity index (χ0) is 35.6. The van der Waals surface area contributed by atoms with Gasteiger partial charge >= 0.3 is 17.9 Å². The molecule has 18 nitrogen and oxygen atoms in total. The number of hydrogen-bond donors (Lipinski definition) is 3. The lowest BCUT2D eigenvalue weighted by Gasteiger charge is -2.49. The maximum absolute atomic E-state index is 12.4. The zero-order valence-corrected chi connectivity index (χ0v) is 28.2. The van der Waals surface area contributed by atoms with E-state index in [0.717, 1.165) is 29.9 Å². The number of β-lactam (4-membered cyclic amide) rings is 1. The fraction of sp³-hybridized carbons (Fsp3) is 0.483. The summed E-state index contributed by atoms with van der Waals surface area (Å²) in [6.07, 6.45) is 2.63. The Labute approximate surface area is 286 Å². The summed E-state index contributed by atoms with van der Waals surface area (Å²) in [5.74, 6) is -2.78. The van der Waals surface area contributed by atoms with Crippen LogP contribution in [0.15, 0.2) is 41.7 Å². The van der Waals surface area contributed by atoms with Gasteiger partial charge in [-0.25, -0.2) is 14.4 Å². The van der Waals surface area contributed by atoms with Gasteiger partial charge in [0.25, 0.3) is 0 Å². The number of hydrogen-bond acceptors (Lipinski definition) is 16. The Morgan fingerprint density at radius 3 is 2.53 bits per heavy atom. The summed E-state index contributed by atoms with van der Waals surface area (Å²) in [5, 5.41) is 21.0. The molecule has 2 aromatic heterocycles. The van der Waals surface area contributed by atoms with E-state index >= 15 is 0 Å². The fourth-order valence-electron chi connectivity index (χ4n) is 5.90. The Morgan fingerprint density at radius 2 is 1.94 bits per heavy atom. The van der Waals surface area contributed by atoms with Crippen LogP contribution in [0, 0.1) is 12.8 Å². The van der Waals surface area contributed by atoms with Crippen molar-refractivity contribution in [2.75, 3.05) is 31.1 Å². The number of fused-ring (bicyclic) bond motifs is 1. The number of likely N-dealkylation sites (tertiary alicyclic amines) is 2. The number of allylic oxidation sites excluding steroid dienone is 1. The quantitative estimate of drug-likeness (QED) is 0.115. The van der Waals surface area contributed by atoms with E-state index in [-0.39, 0.29) is 53.1 Å². The van der Waals surface area contributed by atoms with Crippen LogP contribution < -0.4 is 11.6 Å². The molecule has 0 spiro atoms. The van der Waals surface area contributed by atoms with Crippen LogP contribution in [-0.4, -0.2) is 107 Å². The summed E-state index contributed by atoms with van der Waals surface area (Å²) in [6, 6.07) is 0.0242. The molecule has 20 heteroatoms. The minimum atomic E-state index is -1.17. The summed E-state index contributed by atoms with van der Waals surface area (Å²) in [4.78, 5) is 79.8. The van der Waals surface area contributed by atoms with Gasteiger partial charge < -0.3 is 39.4 Å². The van der Waals surface area contributed by atoms with Gasteiger partial charge in [0.2, 0.25) is 17.6 Å². The van der Waals surface area contributed by atoms with E-state index in [1.165, 1.54) is 16.7 Å². The molecule has 2 aromatic rings. The number of Topliss-reactive ketones (excluding diaryl/α,β-unsaturated/α-hetero) is 1. The number of nitrogens with two attached hydrogens (primary N) is 1. The number of ether oxygens (including phenoxy) is 1. The molecular formula is C29H33N7O11S2. The molecule has 3 saturated heterocycles. The van der Waals surface area contributed by atoms with Crippen LogP contribution >= 0.6 is 23.3 Å². The van der Waals surface area contributed by atoms with Crippen LogP contribution in [0.1, 0.15) is 50.5 Å². The van der Waals surface area contributed by atoms with E-state index in [1.807, 2.05) is 17.9 Å². The number of carbonyl (C=O) groups excluding carboxylic acids is 4. The standard InChI is InChI=1S/C16H20N2O6.C13H13N5O5S2/c1-3-11-4-7-18(14(11)19)12-5-6-17(8-12)15(20)22-9-13-10(2)23-16(21)24-13;1-4-3-24-11-5(10(20)18(11)8(4)12(21)22)2-6(19)7(16-23)9-15-13(14)25-17-9/h3,12H,4-9H2,1-2H3;5,11,23H,2-3H2,1H3,(H,21,22)(H2,14,15,17)/b11-3+;16-7+/t12-;5-,11?/m11/s1. The van der Waals surface area contributed by atoms with Gasteiger partial charge in [0.05, 0.1) is 17.3 Å². The van der Waals surface area contributed by atoms with E-state index in [2.05, 4.69) is 14.5 Å². The molecule has 0 saturated carbocycles. The summed E-state index contributed by atoms with van der Waals surface area (Å²) >= 11 is 2.24. The number of carboxylic acids is 1.